The molecule has 194 valence electrons. The number of esters is 1. The molecule has 0 bridgehead atoms. The molecule has 2 aromatic rings. The highest BCUT2D eigenvalue weighted by Crippen LogP contribution is 2.42. The van der Waals surface area contributed by atoms with E-state index in [9.17, 15) is 20.1 Å². The summed E-state index contributed by atoms with van der Waals surface area (Å²) >= 11 is 20.2. The highest BCUT2D eigenvalue weighted by Gasteiger charge is 2.40. The van der Waals surface area contributed by atoms with Crippen LogP contribution >= 0.6 is 46.1 Å². The van der Waals surface area contributed by atoms with Gasteiger partial charge in [0.25, 0.3) is 0 Å². The largest absolute Gasteiger partial charge is 0.459 e. The summed E-state index contributed by atoms with van der Waals surface area (Å²) in [6.07, 6.45) is 2.78. The van der Waals surface area contributed by atoms with E-state index in [2.05, 4.69) is 0 Å². The van der Waals surface area contributed by atoms with E-state index >= 15 is 0 Å². The average molecular weight is 564 g/mol. The van der Waals surface area contributed by atoms with Gasteiger partial charge in [0.2, 0.25) is 0 Å². The molecule has 1 aromatic carbocycles. The molecule has 5 nitrogen and oxygen atoms in total. The molecule has 6 atom stereocenters. The summed E-state index contributed by atoms with van der Waals surface area (Å²) in [6, 6.07) is 9.18. The lowest BCUT2D eigenvalue weighted by molar-refractivity contribution is -0.0279. The first-order valence-electron chi connectivity index (χ1n) is 12.1. The highest BCUT2D eigenvalue weighted by molar-refractivity contribution is 7.13. The first kappa shape index (κ1) is 28.7. The predicted molar refractivity (Wildman–Crippen MR) is 142 cm³/mol. The minimum absolute atomic E-state index is 0.0586. The van der Waals surface area contributed by atoms with Gasteiger partial charge in [0, 0.05) is 20.3 Å². The molecule has 0 spiro atoms. The van der Waals surface area contributed by atoms with Gasteiger partial charge in [0.05, 0.1) is 12.2 Å². The van der Waals surface area contributed by atoms with Crippen LogP contribution in [0, 0.1) is 11.8 Å². The topological polar surface area (TPSA) is 87.0 Å². The van der Waals surface area contributed by atoms with E-state index in [-0.39, 0.29) is 23.8 Å². The second-order valence-corrected chi connectivity index (χ2v) is 11.9. The Morgan fingerprint density at radius 1 is 1.09 bits per heavy atom. The molecule has 1 fully saturated rings. The van der Waals surface area contributed by atoms with Crippen molar-refractivity contribution >= 4 is 52.1 Å². The van der Waals surface area contributed by atoms with Gasteiger partial charge in [-0.15, -0.1) is 22.9 Å². The molecule has 1 aliphatic rings. The third-order valence-electron chi connectivity index (χ3n) is 6.74. The van der Waals surface area contributed by atoms with Crippen LogP contribution in [0.25, 0.3) is 0 Å². The zero-order valence-electron chi connectivity index (χ0n) is 19.7. The van der Waals surface area contributed by atoms with Crippen molar-refractivity contribution < 1.29 is 24.9 Å². The lowest BCUT2D eigenvalue weighted by Gasteiger charge is -2.23. The lowest BCUT2D eigenvalue weighted by Crippen LogP contribution is -2.30. The van der Waals surface area contributed by atoms with Crippen LogP contribution in [0.15, 0.2) is 30.3 Å². The second-order valence-electron chi connectivity index (χ2n) is 9.26. The van der Waals surface area contributed by atoms with Crippen molar-refractivity contribution in [2.75, 3.05) is 6.61 Å². The van der Waals surface area contributed by atoms with Crippen molar-refractivity contribution in [3.63, 3.8) is 0 Å². The zero-order chi connectivity index (χ0) is 25.5. The van der Waals surface area contributed by atoms with Gasteiger partial charge in [0.1, 0.15) is 17.6 Å². The molecule has 1 aromatic heterocycles. The Hall–Kier alpha value is -0.860. The number of aliphatic hydroxyl groups excluding tert-OH is 3. The first-order chi connectivity index (χ1) is 16.7. The summed E-state index contributed by atoms with van der Waals surface area (Å²) in [5.74, 6) is -0.157. The van der Waals surface area contributed by atoms with Gasteiger partial charge in [-0.2, -0.15) is 0 Å². The maximum absolute atomic E-state index is 12.2. The summed E-state index contributed by atoms with van der Waals surface area (Å²) in [4.78, 5) is 13.8. The van der Waals surface area contributed by atoms with E-state index in [1.807, 2.05) is 18.2 Å². The maximum Gasteiger partial charge on any atom is 0.348 e. The number of ether oxygens (including phenoxy) is 1. The Morgan fingerprint density at radius 3 is 2.49 bits per heavy atom. The van der Waals surface area contributed by atoms with Crippen LogP contribution in [0.3, 0.4) is 0 Å². The van der Waals surface area contributed by atoms with Crippen LogP contribution in [-0.4, -0.2) is 51.6 Å². The number of rotatable bonds is 12. The van der Waals surface area contributed by atoms with Crippen LogP contribution in [0.4, 0.5) is 0 Å². The van der Waals surface area contributed by atoms with E-state index < -0.39 is 24.3 Å². The van der Waals surface area contributed by atoms with Crippen LogP contribution in [-0.2, 0) is 17.6 Å². The minimum Gasteiger partial charge on any atom is -0.459 e. The summed E-state index contributed by atoms with van der Waals surface area (Å²) in [5.41, 5.74) is 1.06. The van der Waals surface area contributed by atoms with Crippen molar-refractivity contribution in [1.82, 2.24) is 0 Å². The predicted octanol–water partition coefficient (Wildman–Crippen LogP) is 5.90. The Kier molecular flexibility index (Phi) is 11.2. The normalized spacial score (nSPS) is 23.9. The fourth-order valence-corrected chi connectivity index (χ4v) is 6.78. The molecule has 0 radical (unpaired) electrons. The fourth-order valence-electron chi connectivity index (χ4n) is 4.77. The number of alkyl halides is 1. The van der Waals surface area contributed by atoms with Crippen LogP contribution in [0.2, 0.25) is 10.0 Å². The summed E-state index contributed by atoms with van der Waals surface area (Å²) in [7, 11) is 0. The number of benzene rings is 1. The van der Waals surface area contributed by atoms with E-state index in [1.54, 1.807) is 19.1 Å². The third-order valence-corrected chi connectivity index (χ3v) is 8.80. The SMILES string of the molecule is CC[C@@H](O)[C@@H](O)COC(=O)c1ccc(CCC[C@@H]2[C@@H](CCc3cc(Cl)cc(Cl)c3)[C@H](O)C[C@H]2Cl)s1. The zero-order valence-corrected chi connectivity index (χ0v) is 22.8. The quantitative estimate of drug-likeness (QED) is 0.221. The van der Waals surface area contributed by atoms with E-state index in [4.69, 9.17) is 39.5 Å². The summed E-state index contributed by atoms with van der Waals surface area (Å²) in [6.45, 7) is 1.52. The number of thiophene rings is 1. The molecule has 35 heavy (non-hydrogen) atoms. The summed E-state index contributed by atoms with van der Waals surface area (Å²) < 4.78 is 5.13. The van der Waals surface area contributed by atoms with Crippen molar-refractivity contribution in [3.05, 3.63) is 55.7 Å². The number of aliphatic hydroxyl groups is 3. The third kappa shape index (κ3) is 8.32. The number of aryl methyl sites for hydroxylation is 2. The van der Waals surface area contributed by atoms with Crippen LogP contribution in [0.1, 0.15) is 59.1 Å². The maximum atomic E-state index is 12.2. The van der Waals surface area contributed by atoms with Gasteiger partial charge >= 0.3 is 5.97 Å². The Bertz CT molecular complexity index is 948. The van der Waals surface area contributed by atoms with E-state index in [0.29, 0.717) is 27.8 Å². The Labute approximate surface area is 226 Å². The molecule has 1 aliphatic carbocycles. The van der Waals surface area contributed by atoms with Crippen molar-refractivity contribution in [1.29, 1.82) is 0 Å². The molecule has 3 N–H and O–H groups in total. The Morgan fingerprint density at radius 2 is 1.80 bits per heavy atom. The van der Waals surface area contributed by atoms with Gasteiger partial charge in [-0.25, -0.2) is 4.79 Å². The van der Waals surface area contributed by atoms with Gasteiger partial charge < -0.3 is 20.1 Å². The first-order valence-corrected chi connectivity index (χ1v) is 14.1. The highest BCUT2D eigenvalue weighted by atomic mass is 35.5. The van der Waals surface area contributed by atoms with Gasteiger partial charge in [-0.05, 0) is 92.7 Å². The van der Waals surface area contributed by atoms with Gasteiger partial charge in [0.15, 0.2) is 0 Å². The molecule has 9 heteroatoms. The molecule has 1 saturated carbocycles. The standard InChI is InChI=1S/C26H33Cl3O5S/c1-2-22(30)24(32)14-34-26(33)25-9-7-18(35-25)4-3-5-19-20(23(31)13-21(19)29)8-6-15-10-16(27)12-17(28)11-15/h7,9-12,19-24,30-32H,2-6,8,13-14H2,1H3/t19-,20-,21-,22-,23-,24+/m1/s1. The van der Waals surface area contributed by atoms with Crippen LogP contribution < -0.4 is 0 Å². The van der Waals surface area contributed by atoms with E-state index in [1.165, 1.54) is 11.3 Å². The Balaban J connectivity index is 1.48. The lowest BCUT2D eigenvalue weighted by atomic mass is 9.85. The minimum atomic E-state index is -1.09. The van der Waals surface area contributed by atoms with Crippen molar-refractivity contribution in [3.8, 4) is 0 Å². The molecule has 3 rings (SSSR count). The number of carbonyl (C=O) groups is 1. The van der Waals surface area contributed by atoms with E-state index in [0.717, 1.165) is 42.5 Å². The average Bonchev–Trinajstić information content (AvgIpc) is 3.38. The number of hydrogen-bond donors (Lipinski definition) is 3. The van der Waals surface area contributed by atoms with Gasteiger partial charge in [-0.3, -0.25) is 0 Å². The molecule has 0 unspecified atom stereocenters. The fraction of sp³-hybridized carbons (Fsp3) is 0.577. The molecular weight excluding hydrogens is 531 g/mol. The van der Waals surface area contributed by atoms with Gasteiger partial charge in [-0.1, -0.05) is 30.1 Å². The van der Waals surface area contributed by atoms with Crippen molar-refractivity contribution in [2.24, 2.45) is 11.8 Å². The monoisotopic (exact) mass is 562 g/mol. The number of carbonyl (C=O) groups excluding carboxylic acids is 1. The smallest absolute Gasteiger partial charge is 0.348 e. The van der Waals surface area contributed by atoms with Crippen LogP contribution in [0.5, 0.6) is 0 Å². The number of hydrogen-bond acceptors (Lipinski definition) is 6. The summed E-state index contributed by atoms with van der Waals surface area (Å²) in [5, 5.41) is 31.1. The second kappa shape index (κ2) is 13.6. The molecule has 0 saturated heterocycles. The molecule has 0 aliphatic heterocycles. The molecule has 1 heterocycles. The molecule has 0 amide bonds. The molecular formula is C26H33Cl3O5S. The number of halogens is 3. The van der Waals surface area contributed by atoms with Crippen molar-refractivity contribution in [2.45, 2.75) is 75.6 Å².